The molecular formula is C8H17N3. The van der Waals surface area contributed by atoms with Crippen molar-refractivity contribution < 1.29 is 0 Å². The first-order chi connectivity index (χ1) is 5.02. The van der Waals surface area contributed by atoms with Crippen LogP contribution >= 0.6 is 0 Å². The quantitative estimate of drug-likeness (QED) is 0.645. The SMILES string of the molecule is CCN(C)CCC(C)(N)C#N. The maximum Gasteiger partial charge on any atom is 0.102 e. The molecule has 64 valence electrons. The smallest absolute Gasteiger partial charge is 0.102 e. The maximum absolute atomic E-state index is 8.59. The normalized spacial score (nSPS) is 16.0. The van der Waals surface area contributed by atoms with E-state index in [1.54, 1.807) is 6.92 Å². The van der Waals surface area contributed by atoms with Crippen molar-refractivity contribution >= 4 is 0 Å². The lowest BCUT2D eigenvalue weighted by Crippen LogP contribution is -2.38. The van der Waals surface area contributed by atoms with Gasteiger partial charge in [0.05, 0.1) is 6.07 Å². The van der Waals surface area contributed by atoms with Gasteiger partial charge in [-0.1, -0.05) is 6.92 Å². The summed E-state index contributed by atoms with van der Waals surface area (Å²) in [5.41, 5.74) is 4.97. The monoisotopic (exact) mass is 155 g/mol. The van der Waals surface area contributed by atoms with Gasteiger partial charge < -0.3 is 10.6 Å². The molecule has 1 unspecified atom stereocenters. The molecule has 0 aliphatic carbocycles. The highest BCUT2D eigenvalue weighted by Gasteiger charge is 2.16. The van der Waals surface area contributed by atoms with Crippen molar-refractivity contribution in [1.82, 2.24) is 4.90 Å². The van der Waals surface area contributed by atoms with Crippen LogP contribution in [0.15, 0.2) is 0 Å². The molecular weight excluding hydrogens is 138 g/mol. The zero-order valence-electron chi connectivity index (χ0n) is 7.59. The third-order valence-corrected chi connectivity index (χ3v) is 1.81. The fourth-order valence-electron chi connectivity index (χ4n) is 0.637. The third-order valence-electron chi connectivity index (χ3n) is 1.81. The standard InChI is InChI=1S/C8H17N3/c1-4-11(3)6-5-8(2,10)7-9/h4-6,10H2,1-3H3. The predicted octanol–water partition coefficient (Wildman–Crippen LogP) is 0.569. The van der Waals surface area contributed by atoms with Gasteiger partial charge >= 0.3 is 0 Å². The summed E-state index contributed by atoms with van der Waals surface area (Å²) in [5.74, 6) is 0. The molecule has 0 saturated heterocycles. The number of hydrogen-bond donors (Lipinski definition) is 1. The number of nitrogens with zero attached hydrogens (tertiary/aromatic N) is 2. The lowest BCUT2D eigenvalue weighted by atomic mass is 10.0. The Morgan fingerprint density at radius 2 is 2.18 bits per heavy atom. The molecule has 0 aliphatic rings. The Labute approximate surface area is 68.8 Å². The molecule has 0 amide bonds. The van der Waals surface area contributed by atoms with Gasteiger partial charge in [0.2, 0.25) is 0 Å². The minimum atomic E-state index is -0.663. The first-order valence-electron chi connectivity index (χ1n) is 3.90. The van der Waals surface area contributed by atoms with Crippen molar-refractivity contribution in [3.8, 4) is 6.07 Å². The summed E-state index contributed by atoms with van der Waals surface area (Å²) in [6.45, 7) is 5.73. The summed E-state index contributed by atoms with van der Waals surface area (Å²) in [6, 6.07) is 2.07. The topological polar surface area (TPSA) is 53.0 Å². The molecule has 0 aromatic carbocycles. The predicted molar refractivity (Wildman–Crippen MR) is 46.0 cm³/mol. The van der Waals surface area contributed by atoms with Gasteiger partial charge in [-0.05, 0) is 26.9 Å². The van der Waals surface area contributed by atoms with Crippen LogP contribution in [0.4, 0.5) is 0 Å². The molecule has 0 radical (unpaired) electrons. The Morgan fingerprint density at radius 3 is 2.55 bits per heavy atom. The van der Waals surface area contributed by atoms with E-state index in [1.165, 1.54) is 0 Å². The van der Waals surface area contributed by atoms with Gasteiger partial charge in [0.25, 0.3) is 0 Å². The second-order valence-electron chi connectivity index (χ2n) is 3.18. The van der Waals surface area contributed by atoms with E-state index in [2.05, 4.69) is 17.9 Å². The van der Waals surface area contributed by atoms with Gasteiger partial charge in [-0.3, -0.25) is 0 Å². The summed E-state index contributed by atoms with van der Waals surface area (Å²) < 4.78 is 0. The second kappa shape index (κ2) is 4.32. The largest absolute Gasteiger partial charge is 0.314 e. The van der Waals surface area contributed by atoms with Gasteiger partial charge in [-0.2, -0.15) is 5.26 Å². The number of nitrogens with two attached hydrogens (primary N) is 1. The van der Waals surface area contributed by atoms with Crippen LogP contribution in [0.25, 0.3) is 0 Å². The minimum absolute atomic E-state index is 0.663. The lowest BCUT2D eigenvalue weighted by molar-refractivity contribution is 0.322. The molecule has 0 aromatic rings. The number of rotatable bonds is 4. The number of hydrogen-bond acceptors (Lipinski definition) is 3. The van der Waals surface area contributed by atoms with Crippen molar-refractivity contribution in [2.24, 2.45) is 5.73 Å². The van der Waals surface area contributed by atoms with E-state index >= 15 is 0 Å². The Hall–Kier alpha value is -0.590. The molecule has 0 fully saturated rings. The molecule has 2 N–H and O–H groups in total. The van der Waals surface area contributed by atoms with Crippen LogP contribution in [-0.4, -0.2) is 30.6 Å². The molecule has 0 rings (SSSR count). The van der Waals surface area contributed by atoms with E-state index in [9.17, 15) is 0 Å². The first-order valence-corrected chi connectivity index (χ1v) is 3.90. The second-order valence-corrected chi connectivity index (χ2v) is 3.18. The summed E-state index contributed by atoms with van der Waals surface area (Å²) in [7, 11) is 2.02. The summed E-state index contributed by atoms with van der Waals surface area (Å²) in [6.07, 6.45) is 0.730. The van der Waals surface area contributed by atoms with E-state index < -0.39 is 5.54 Å². The summed E-state index contributed by atoms with van der Waals surface area (Å²) >= 11 is 0. The van der Waals surface area contributed by atoms with Crippen LogP contribution in [0, 0.1) is 11.3 Å². The number of nitriles is 1. The van der Waals surface area contributed by atoms with E-state index in [1.807, 2.05) is 7.05 Å². The van der Waals surface area contributed by atoms with Gasteiger partial charge in [-0.15, -0.1) is 0 Å². The van der Waals surface area contributed by atoms with Crippen molar-refractivity contribution in [2.45, 2.75) is 25.8 Å². The summed E-state index contributed by atoms with van der Waals surface area (Å²) in [4.78, 5) is 2.14. The van der Waals surface area contributed by atoms with Crippen LogP contribution < -0.4 is 5.73 Å². The molecule has 3 heteroatoms. The van der Waals surface area contributed by atoms with Crippen LogP contribution in [0.1, 0.15) is 20.3 Å². The molecule has 0 saturated carbocycles. The lowest BCUT2D eigenvalue weighted by Gasteiger charge is -2.19. The molecule has 11 heavy (non-hydrogen) atoms. The van der Waals surface area contributed by atoms with Gasteiger partial charge in [0.1, 0.15) is 5.54 Å². The van der Waals surface area contributed by atoms with Crippen LogP contribution in [-0.2, 0) is 0 Å². The van der Waals surface area contributed by atoms with Crippen LogP contribution in [0.2, 0.25) is 0 Å². The van der Waals surface area contributed by atoms with Crippen molar-refractivity contribution in [2.75, 3.05) is 20.1 Å². The van der Waals surface area contributed by atoms with Gasteiger partial charge in [0.15, 0.2) is 0 Å². The fourth-order valence-corrected chi connectivity index (χ4v) is 0.637. The Balaban J connectivity index is 3.63. The Morgan fingerprint density at radius 1 is 1.64 bits per heavy atom. The molecule has 0 aromatic heterocycles. The maximum atomic E-state index is 8.59. The highest BCUT2D eigenvalue weighted by molar-refractivity contribution is 5.00. The first kappa shape index (κ1) is 10.4. The highest BCUT2D eigenvalue weighted by atomic mass is 15.1. The van der Waals surface area contributed by atoms with Gasteiger partial charge in [0, 0.05) is 6.54 Å². The fraction of sp³-hybridized carbons (Fsp3) is 0.875. The minimum Gasteiger partial charge on any atom is -0.314 e. The zero-order chi connectivity index (χ0) is 8.91. The van der Waals surface area contributed by atoms with E-state index in [0.717, 1.165) is 19.5 Å². The Bertz CT molecular complexity index is 146. The van der Waals surface area contributed by atoms with Gasteiger partial charge in [-0.25, -0.2) is 0 Å². The van der Waals surface area contributed by atoms with E-state index in [-0.39, 0.29) is 0 Å². The molecule has 1 atom stereocenters. The van der Waals surface area contributed by atoms with Crippen LogP contribution in [0.3, 0.4) is 0 Å². The third kappa shape index (κ3) is 4.77. The van der Waals surface area contributed by atoms with Crippen molar-refractivity contribution in [3.63, 3.8) is 0 Å². The van der Waals surface area contributed by atoms with Crippen molar-refractivity contribution in [3.05, 3.63) is 0 Å². The van der Waals surface area contributed by atoms with Crippen LogP contribution in [0.5, 0.6) is 0 Å². The average Bonchev–Trinajstić information content (AvgIpc) is 2.00. The molecule has 0 heterocycles. The van der Waals surface area contributed by atoms with Crippen molar-refractivity contribution in [1.29, 1.82) is 5.26 Å². The molecule has 3 nitrogen and oxygen atoms in total. The molecule has 0 aliphatic heterocycles. The molecule has 0 bridgehead atoms. The summed E-state index contributed by atoms with van der Waals surface area (Å²) in [5, 5.41) is 8.59. The molecule has 0 spiro atoms. The Kier molecular flexibility index (Phi) is 4.09. The zero-order valence-corrected chi connectivity index (χ0v) is 7.59. The highest BCUT2D eigenvalue weighted by Crippen LogP contribution is 2.03. The average molecular weight is 155 g/mol. The van der Waals surface area contributed by atoms with E-state index in [0.29, 0.717) is 0 Å². The van der Waals surface area contributed by atoms with E-state index in [4.69, 9.17) is 11.0 Å².